The summed E-state index contributed by atoms with van der Waals surface area (Å²) in [7, 11) is 0. The first-order valence-corrected chi connectivity index (χ1v) is 4.55. The molecular formula is C11H9NO3. The van der Waals surface area contributed by atoms with E-state index in [9.17, 15) is 9.59 Å². The highest BCUT2D eigenvalue weighted by Crippen LogP contribution is 2.22. The van der Waals surface area contributed by atoms with Gasteiger partial charge in [0.15, 0.2) is 5.94 Å². The van der Waals surface area contributed by atoms with Gasteiger partial charge in [-0.15, -0.1) is 0 Å². The smallest absolute Gasteiger partial charge is 0.326 e. The number of aliphatic carboxylic acids is 1. The molecule has 4 heteroatoms. The van der Waals surface area contributed by atoms with Crippen LogP contribution in [0.15, 0.2) is 24.3 Å². The maximum absolute atomic E-state index is 10.8. The van der Waals surface area contributed by atoms with Crippen molar-refractivity contribution in [2.24, 2.45) is 0 Å². The van der Waals surface area contributed by atoms with Gasteiger partial charge < -0.3 is 10.4 Å². The van der Waals surface area contributed by atoms with Crippen LogP contribution in [-0.2, 0) is 16.0 Å². The van der Waals surface area contributed by atoms with Crippen LogP contribution in [0.5, 0.6) is 0 Å². The standard InChI is InChI=1S/C11H9NO3/c13-6-10-8-4-2-1-3-7(8)5-9(12-10)11(14)15/h1-4,9,12H,5H2,(H,14,15). The lowest BCUT2D eigenvalue weighted by molar-refractivity contribution is -0.139. The van der Waals surface area contributed by atoms with Crippen LogP contribution in [0.1, 0.15) is 11.1 Å². The molecule has 0 amide bonds. The Morgan fingerprint density at radius 2 is 2.20 bits per heavy atom. The molecule has 0 aromatic heterocycles. The zero-order valence-corrected chi connectivity index (χ0v) is 7.86. The zero-order valence-electron chi connectivity index (χ0n) is 7.86. The molecule has 4 nitrogen and oxygen atoms in total. The Kier molecular flexibility index (Phi) is 2.27. The third kappa shape index (κ3) is 1.63. The predicted octanol–water partition coefficient (Wildman–Crippen LogP) is 0.458. The maximum Gasteiger partial charge on any atom is 0.326 e. The topological polar surface area (TPSA) is 66.4 Å². The van der Waals surface area contributed by atoms with E-state index < -0.39 is 12.0 Å². The Morgan fingerprint density at radius 1 is 1.47 bits per heavy atom. The number of rotatable bonds is 1. The van der Waals surface area contributed by atoms with Crippen molar-refractivity contribution in [1.82, 2.24) is 5.32 Å². The largest absolute Gasteiger partial charge is 0.480 e. The summed E-state index contributed by atoms with van der Waals surface area (Å²) in [5.74, 6) is 0.776. The summed E-state index contributed by atoms with van der Waals surface area (Å²) in [6.45, 7) is 0. The second kappa shape index (κ2) is 3.59. The monoisotopic (exact) mass is 203 g/mol. The van der Waals surface area contributed by atoms with Gasteiger partial charge >= 0.3 is 5.97 Å². The van der Waals surface area contributed by atoms with Crippen LogP contribution in [0.4, 0.5) is 0 Å². The van der Waals surface area contributed by atoms with E-state index in [1.807, 2.05) is 12.1 Å². The molecule has 1 atom stereocenters. The highest BCUT2D eigenvalue weighted by atomic mass is 16.4. The van der Waals surface area contributed by atoms with Crippen LogP contribution < -0.4 is 5.32 Å². The molecule has 1 aliphatic heterocycles. The molecule has 1 unspecified atom stereocenters. The lowest BCUT2D eigenvalue weighted by Gasteiger charge is -2.24. The lowest BCUT2D eigenvalue weighted by Crippen LogP contribution is -2.41. The van der Waals surface area contributed by atoms with Crippen LogP contribution in [0, 0.1) is 0 Å². The van der Waals surface area contributed by atoms with Crippen LogP contribution in [0.2, 0.25) is 0 Å². The quantitative estimate of drug-likeness (QED) is 0.651. The molecule has 0 fully saturated rings. The second-order valence-electron chi connectivity index (χ2n) is 3.37. The minimum absolute atomic E-state index is 0.226. The fourth-order valence-electron chi connectivity index (χ4n) is 1.70. The minimum atomic E-state index is -0.961. The van der Waals surface area contributed by atoms with Gasteiger partial charge in [0.25, 0.3) is 0 Å². The van der Waals surface area contributed by atoms with E-state index >= 15 is 0 Å². The molecule has 0 saturated heterocycles. The van der Waals surface area contributed by atoms with E-state index in [-0.39, 0.29) is 5.70 Å². The van der Waals surface area contributed by atoms with Crippen LogP contribution >= 0.6 is 0 Å². The third-order valence-electron chi connectivity index (χ3n) is 2.43. The minimum Gasteiger partial charge on any atom is -0.480 e. The molecule has 2 N–H and O–H groups in total. The summed E-state index contributed by atoms with van der Waals surface area (Å²) < 4.78 is 0. The Hall–Kier alpha value is -2.06. The number of carboxylic acids is 1. The summed E-state index contributed by atoms with van der Waals surface area (Å²) in [6.07, 6.45) is 0.386. The van der Waals surface area contributed by atoms with E-state index in [2.05, 4.69) is 5.32 Å². The van der Waals surface area contributed by atoms with E-state index in [0.717, 1.165) is 11.1 Å². The molecule has 2 rings (SSSR count). The number of fused-ring (bicyclic) bond motifs is 1. The second-order valence-corrected chi connectivity index (χ2v) is 3.37. The number of carbonyl (C=O) groups is 1. The molecule has 0 aliphatic carbocycles. The summed E-state index contributed by atoms with van der Waals surface area (Å²) in [5, 5.41) is 11.5. The molecule has 1 aliphatic rings. The highest BCUT2D eigenvalue weighted by molar-refractivity contribution is 5.91. The van der Waals surface area contributed by atoms with E-state index in [0.29, 0.717) is 6.42 Å². The molecular weight excluding hydrogens is 194 g/mol. The lowest BCUT2D eigenvalue weighted by atomic mass is 9.94. The summed E-state index contributed by atoms with van der Waals surface area (Å²) >= 11 is 0. The summed E-state index contributed by atoms with van der Waals surface area (Å²) in [6, 6.07) is 6.49. The summed E-state index contributed by atoms with van der Waals surface area (Å²) in [5.41, 5.74) is 1.83. The van der Waals surface area contributed by atoms with Crippen LogP contribution in [0.25, 0.3) is 5.70 Å². The van der Waals surface area contributed by atoms with E-state index in [1.54, 1.807) is 18.1 Å². The average Bonchev–Trinajstić information content (AvgIpc) is 2.27. The fraction of sp³-hybridized carbons (Fsp3) is 0.182. The number of carboxylic acid groups (broad SMARTS) is 1. The molecule has 1 aromatic carbocycles. The average molecular weight is 203 g/mol. The highest BCUT2D eigenvalue weighted by Gasteiger charge is 2.26. The number of carbonyl (C=O) groups excluding carboxylic acids is 1. The Balaban J connectivity index is 2.47. The molecule has 76 valence electrons. The van der Waals surface area contributed by atoms with Gasteiger partial charge in [0, 0.05) is 12.0 Å². The van der Waals surface area contributed by atoms with Gasteiger partial charge in [-0.3, -0.25) is 0 Å². The first-order valence-electron chi connectivity index (χ1n) is 4.55. The number of hydrogen-bond donors (Lipinski definition) is 2. The predicted molar refractivity (Wildman–Crippen MR) is 53.8 cm³/mol. The molecule has 0 radical (unpaired) electrons. The van der Waals surface area contributed by atoms with Crippen LogP contribution in [-0.4, -0.2) is 23.1 Å². The van der Waals surface area contributed by atoms with Gasteiger partial charge in [-0.05, 0) is 5.56 Å². The molecule has 1 aromatic rings. The molecule has 15 heavy (non-hydrogen) atoms. The SMILES string of the molecule is O=C=C1NC(C(=O)O)Cc2ccccc21. The van der Waals surface area contributed by atoms with Gasteiger partial charge in [-0.25, -0.2) is 9.59 Å². The van der Waals surface area contributed by atoms with E-state index in [4.69, 9.17) is 5.11 Å². The summed E-state index contributed by atoms with van der Waals surface area (Å²) in [4.78, 5) is 21.5. The number of benzene rings is 1. The van der Waals surface area contributed by atoms with Gasteiger partial charge in [-0.2, -0.15) is 0 Å². The normalized spacial score (nSPS) is 18.7. The Morgan fingerprint density at radius 3 is 2.87 bits per heavy atom. The molecule has 0 saturated carbocycles. The fourth-order valence-corrected chi connectivity index (χ4v) is 1.70. The Labute approximate surface area is 86.2 Å². The molecule has 0 spiro atoms. The third-order valence-corrected chi connectivity index (χ3v) is 2.43. The van der Waals surface area contributed by atoms with Crippen molar-refractivity contribution in [2.75, 3.05) is 0 Å². The van der Waals surface area contributed by atoms with Crippen molar-refractivity contribution in [3.8, 4) is 0 Å². The van der Waals surface area contributed by atoms with Crippen molar-refractivity contribution in [3.05, 3.63) is 35.4 Å². The van der Waals surface area contributed by atoms with Crippen molar-refractivity contribution in [3.63, 3.8) is 0 Å². The first kappa shape index (κ1) is 9.49. The first-order chi connectivity index (χ1) is 7.22. The number of hydrogen-bond acceptors (Lipinski definition) is 3. The van der Waals surface area contributed by atoms with Gasteiger partial charge in [-0.1, -0.05) is 24.3 Å². The van der Waals surface area contributed by atoms with Crippen molar-refractivity contribution >= 4 is 17.6 Å². The van der Waals surface area contributed by atoms with Gasteiger partial charge in [0.1, 0.15) is 11.7 Å². The van der Waals surface area contributed by atoms with Gasteiger partial charge in [0.05, 0.1) is 0 Å². The van der Waals surface area contributed by atoms with Crippen molar-refractivity contribution < 1.29 is 14.7 Å². The Bertz CT molecular complexity index is 461. The van der Waals surface area contributed by atoms with Crippen molar-refractivity contribution in [1.29, 1.82) is 0 Å². The number of nitrogens with one attached hydrogen (secondary N) is 1. The van der Waals surface area contributed by atoms with Crippen LogP contribution in [0.3, 0.4) is 0 Å². The zero-order chi connectivity index (χ0) is 10.8. The maximum atomic E-state index is 10.8. The molecule has 0 bridgehead atoms. The van der Waals surface area contributed by atoms with Gasteiger partial charge in [0.2, 0.25) is 0 Å². The van der Waals surface area contributed by atoms with E-state index in [1.165, 1.54) is 0 Å². The van der Waals surface area contributed by atoms with Crippen molar-refractivity contribution in [2.45, 2.75) is 12.5 Å². The molecule has 1 heterocycles.